The number of amides is 2. The highest BCUT2D eigenvalue weighted by atomic mass is 16.3. The van der Waals surface area contributed by atoms with Crippen LogP contribution >= 0.6 is 0 Å². The normalized spacial score (nSPS) is 10.3. The van der Waals surface area contributed by atoms with Gasteiger partial charge in [-0.15, -0.1) is 0 Å². The van der Waals surface area contributed by atoms with Gasteiger partial charge in [0.25, 0.3) is 5.91 Å². The Kier molecular flexibility index (Phi) is 3.85. The van der Waals surface area contributed by atoms with Gasteiger partial charge in [0.05, 0.1) is 12.8 Å². The van der Waals surface area contributed by atoms with Crippen LogP contribution in [0.3, 0.4) is 0 Å². The summed E-state index contributed by atoms with van der Waals surface area (Å²) in [6.45, 7) is 0.306. The van der Waals surface area contributed by atoms with Gasteiger partial charge in [-0.2, -0.15) is 5.10 Å². The summed E-state index contributed by atoms with van der Waals surface area (Å²) in [5, 5.41) is 4.15. The van der Waals surface area contributed by atoms with Crippen LogP contribution in [-0.2, 0) is 6.54 Å². The summed E-state index contributed by atoms with van der Waals surface area (Å²) in [6, 6.07) is 3.27. The van der Waals surface area contributed by atoms with E-state index in [9.17, 15) is 9.59 Å². The Morgan fingerprint density at radius 1 is 1.45 bits per heavy atom. The van der Waals surface area contributed by atoms with Crippen molar-refractivity contribution in [1.29, 1.82) is 0 Å². The number of hydrogen-bond donors (Lipinski definition) is 2. The van der Waals surface area contributed by atoms with Gasteiger partial charge in [0, 0.05) is 25.9 Å². The largest absolute Gasteiger partial charge is 0.459 e. The Bertz CT molecular complexity index is 629. The third-order valence-electron chi connectivity index (χ3n) is 2.68. The molecule has 0 aliphatic carbocycles. The number of rotatable bonds is 4. The van der Waals surface area contributed by atoms with Crippen LogP contribution < -0.4 is 11.3 Å². The van der Waals surface area contributed by atoms with E-state index in [2.05, 4.69) is 5.10 Å². The monoisotopic (exact) mass is 277 g/mol. The Morgan fingerprint density at radius 2 is 2.20 bits per heavy atom. The number of hydrazine groups is 1. The summed E-state index contributed by atoms with van der Waals surface area (Å²) in [4.78, 5) is 24.6. The molecule has 8 nitrogen and oxygen atoms in total. The van der Waals surface area contributed by atoms with Crippen molar-refractivity contribution in [2.75, 3.05) is 14.1 Å². The summed E-state index contributed by atoms with van der Waals surface area (Å²) in [7, 11) is 3.31. The van der Waals surface area contributed by atoms with E-state index in [4.69, 9.17) is 10.3 Å². The lowest BCUT2D eigenvalue weighted by molar-refractivity contribution is 0.0820. The molecule has 0 aliphatic heterocycles. The molecule has 3 N–H and O–H groups in total. The van der Waals surface area contributed by atoms with Crippen molar-refractivity contribution in [2.24, 2.45) is 5.84 Å². The molecule has 8 heteroatoms. The number of nitrogens with two attached hydrogens (primary N) is 1. The van der Waals surface area contributed by atoms with E-state index in [0.29, 0.717) is 17.8 Å². The topological polar surface area (TPSA) is 106 Å². The lowest BCUT2D eigenvalue weighted by Gasteiger charge is -2.07. The minimum Gasteiger partial charge on any atom is -0.459 e. The Balaban J connectivity index is 2.17. The number of aromatic nitrogens is 2. The minimum absolute atomic E-state index is 0.128. The predicted octanol–water partition coefficient (Wildman–Crippen LogP) is -0.170. The van der Waals surface area contributed by atoms with E-state index in [-0.39, 0.29) is 11.7 Å². The molecule has 0 radical (unpaired) electrons. The molecular formula is C12H15N5O3. The van der Waals surface area contributed by atoms with Crippen molar-refractivity contribution in [1.82, 2.24) is 20.1 Å². The molecule has 106 valence electrons. The zero-order valence-corrected chi connectivity index (χ0v) is 11.2. The van der Waals surface area contributed by atoms with Crippen LogP contribution in [0, 0.1) is 0 Å². The van der Waals surface area contributed by atoms with Crippen molar-refractivity contribution in [3.05, 3.63) is 41.6 Å². The van der Waals surface area contributed by atoms with Gasteiger partial charge in [-0.25, -0.2) is 5.84 Å². The SMILES string of the molecule is CN(C)C(=O)c1ccn(Cc2ccoc2C(=O)NN)n1. The Morgan fingerprint density at radius 3 is 2.85 bits per heavy atom. The van der Waals surface area contributed by atoms with Gasteiger partial charge in [0.2, 0.25) is 0 Å². The van der Waals surface area contributed by atoms with Gasteiger partial charge < -0.3 is 9.32 Å². The molecule has 2 rings (SSSR count). The van der Waals surface area contributed by atoms with Gasteiger partial charge in [-0.05, 0) is 12.1 Å². The number of carbonyl (C=O) groups is 2. The molecule has 0 saturated carbocycles. The minimum atomic E-state index is -0.512. The lowest BCUT2D eigenvalue weighted by Crippen LogP contribution is -2.30. The second kappa shape index (κ2) is 5.57. The van der Waals surface area contributed by atoms with Crippen LogP contribution in [0.2, 0.25) is 0 Å². The van der Waals surface area contributed by atoms with Crippen molar-refractivity contribution in [2.45, 2.75) is 6.54 Å². The first kappa shape index (κ1) is 13.8. The summed E-state index contributed by atoms with van der Waals surface area (Å²) >= 11 is 0. The van der Waals surface area contributed by atoms with E-state index < -0.39 is 5.91 Å². The van der Waals surface area contributed by atoms with Crippen molar-refractivity contribution < 1.29 is 14.0 Å². The molecule has 0 saturated heterocycles. The summed E-state index contributed by atoms with van der Waals surface area (Å²) < 4.78 is 6.62. The smallest absolute Gasteiger partial charge is 0.301 e. The van der Waals surface area contributed by atoms with Crippen molar-refractivity contribution >= 4 is 11.8 Å². The molecule has 20 heavy (non-hydrogen) atoms. The van der Waals surface area contributed by atoms with Crippen LogP contribution in [0.25, 0.3) is 0 Å². The average Bonchev–Trinajstić information content (AvgIpc) is 3.06. The standard InChI is InChI=1S/C12H15N5O3/c1-16(2)12(19)9-3-5-17(15-9)7-8-4-6-20-10(8)11(18)14-13/h3-6H,7,13H2,1-2H3,(H,14,18). The van der Waals surface area contributed by atoms with Gasteiger partial charge >= 0.3 is 5.91 Å². The predicted molar refractivity (Wildman–Crippen MR) is 69.7 cm³/mol. The molecule has 2 aromatic rings. The average molecular weight is 277 g/mol. The van der Waals surface area contributed by atoms with Crippen LogP contribution in [-0.4, -0.2) is 40.6 Å². The molecule has 0 spiro atoms. The van der Waals surface area contributed by atoms with E-state index in [1.54, 1.807) is 37.1 Å². The first-order valence-corrected chi connectivity index (χ1v) is 5.85. The number of nitrogen functional groups attached to an aromatic ring is 1. The molecule has 0 atom stereocenters. The second-order valence-electron chi connectivity index (χ2n) is 4.35. The van der Waals surface area contributed by atoms with Crippen LogP contribution in [0.4, 0.5) is 0 Å². The van der Waals surface area contributed by atoms with E-state index in [1.807, 2.05) is 5.43 Å². The number of nitrogens with one attached hydrogen (secondary N) is 1. The van der Waals surface area contributed by atoms with Crippen LogP contribution in [0.5, 0.6) is 0 Å². The van der Waals surface area contributed by atoms with E-state index in [0.717, 1.165) is 0 Å². The molecule has 0 bridgehead atoms. The van der Waals surface area contributed by atoms with Gasteiger partial charge in [0.1, 0.15) is 5.69 Å². The maximum atomic E-state index is 11.7. The Hall–Kier alpha value is -2.61. The molecule has 0 aliphatic rings. The fourth-order valence-corrected chi connectivity index (χ4v) is 1.69. The molecular weight excluding hydrogens is 262 g/mol. The van der Waals surface area contributed by atoms with Gasteiger partial charge in [-0.3, -0.25) is 19.7 Å². The molecule has 2 amide bonds. The fraction of sp³-hybridized carbons (Fsp3) is 0.250. The van der Waals surface area contributed by atoms with Crippen molar-refractivity contribution in [3.8, 4) is 0 Å². The van der Waals surface area contributed by atoms with Crippen LogP contribution in [0.1, 0.15) is 26.6 Å². The van der Waals surface area contributed by atoms with E-state index in [1.165, 1.54) is 11.2 Å². The zero-order valence-electron chi connectivity index (χ0n) is 11.2. The Labute approximate surface area is 115 Å². The number of carbonyl (C=O) groups excluding carboxylic acids is 2. The third-order valence-corrected chi connectivity index (χ3v) is 2.68. The number of furan rings is 1. The highest BCUT2D eigenvalue weighted by Gasteiger charge is 2.16. The molecule has 2 aromatic heterocycles. The van der Waals surface area contributed by atoms with Gasteiger partial charge in [0.15, 0.2) is 5.76 Å². The molecule has 2 heterocycles. The second-order valence-corrected chi connectivity index (χ2v) is 4.35. The summed E-state index contributed by atoms with van der Waals surface area (Å²) in [5.74, 6) is 4.50. The van der Waals surface area contributed by atoms with Crippen LogP contribution in [0.15, 0.2) is 29.0 Å². The first-order valence-electron chi connectivity index (χ1n) is 5.85. The highest BCUT2D eigenvalue weighted by Crippen LogP contribution is 2.12. The summed E-state index contributed by atoms with van der Waals surface area (Å²) in [6.07, 6.45) is 3.06. The fourth-order valence-electron chi connectivity index (χ4n) is 1.69. The maximum Gasteiger partial charge on any atom is 0.301 e. The molecule has 0 aromatic carbocycles. The number of nitrogens with zero attached hydrogens (tertiary/aromatic N) is 3. The highest BCUT2D eigenvalue weighted by molar-refractivity contribution is 5.92. The summed E-state index contributed by atoms with van der Waals surface area (Å²) in [5.41, 5.74) is 2.97. The third kappa shape index (κ3) is 2.69. The van der Waals surface area contributed by atoms with Gasteiger partial charge in [-0.1, -0.05) is 0 Å². The number of hydrogen-bond acceptors (Lipinski definition) is 5. The lowest BCUT2D eigenvalue weighted by atomic mass is 10.2. The molecule has 0 fully saturated rings. The maximum absolute atomic E-state index is 11.7. The van der Waals surface area contributed by atoms with E-state index >= 15 is 0 Å². The molecule has 0 unspecified atom stereocenters. The zero-order chi connectivity index (χ0) is 14.7. The van der Waals surface area contributed by atoms with Crippen molar-refractivity contribution in [3.63, 3.8) is 0 Å². The quantitative estimate of drug-likeness (QED) is 0.458. The first-order chi connectivity index (χ1) is 9.52.